The van der Waals surface area contributed by atoms with Gasteiger partial charge in [-0.05, 0) is 58.7 Å². The third-order valence-corrected chi connectivity index (χ3v) is 7.71. The molecule has 8 rings (SSSR count). The van der Waals surface area contributed by atoms with Gasteiger partial charge in [-0.15, -0.1) is 0 Å². The van der Waals surface area contributed by atoms with Gasteiger partial charge in [-0.3, -0.25) is 0 Å². The van der Waals surface area contributed by atoms with Gasteiger partial charge in [0.05, 0.1) is 11.2 Å². The molecule has 0 radical (unpaired) electrons. The highest BCUT2D eigenvalue weighted by Gasteiger charge is 2.15. The Morgan fingerprint density at radius 2 is 1.07 bits per heavy atom. The summed E-state index contributed by atoms with van der Waals surface area (Å²) in [5, 5.41) is 3.53. The molecule has 0 spiro atoms. The van der Waals surface area contributed by atoms with Gasteiger partial charge in [0.1, 0.15) is 5.52 Å². The minimum absolute atomic E-state index is 0.636. The Labute approximate surface area is 237 Å². The van der Waals surface area contributed by atoms with Crippen LogP contribution in [0.5, 0.6) is 0 Å². The number of benzene rings is 6. The topological polar surface area (TPSA) is 38.9 Å². The van der Waals surface area contributed by atoms with Crippen molar-refractivity contribution >= 4 is 32.8 Å². The summed E-state index contributed by atoms with van der Waals surface area (Å²) >= 11 is 0. The van der Waals surface area contributed by atoms with E-state index in [2.05, 4.69) is 120 Å². The maximum Gasteiger partial charge on any atom is 0.227 e. The Balaban J connectivity index is 1.25. The lowest BCUT2D eigenvalue weighted by Gasteiger charge is -2.15. The molecule has 0 amide bonds. The van der Waals surface area contributed by atoms with Crippen molar-refractivity contribution in [1.82, 2.24) is 9.97 Å². The second-order valence-electron chi connectivity index (χ2n) is 10.2. The van der Waals surface area contributed by atoms with Gasteiger partial charge in [0.25, 0.3) is 0 Å². The van der Waals surface area contributed by atoms with Crippen LogP contribution < -0.4 is 0 Å². The monoisotopic (exact) mass is 524 g/mol. The van der Waals surface area contributed by atoms with Gasteiger partial charge in [0.2, 0.25) is 5.89 Å². The molecular formula is C38H24N2O. The molecule has 0 saturated heterocycles. The first-order chi connectivity index (χ1) is 20.3. The van der Waals surface area contributed by atoms with E-state index in [-0.39, 0.29) is 0 Å². The van der Waals surface area contributed by atoms with Gasteiger partial charge < -0.3 is 4.42 Å². The first-order valence-electron chi connectivity index (χ1n) is 13.8. The lowest BCUT2D eigenvalue weighted by molar-refractivity contribution is 0.620. The van der Waals surface area contributed by atoms with E-state index in [1.54, 1.807) is 0 Å². The van der Waals surface area contributed by atoms with E-state index in [1.165, 1.54) is 16.5 Å². The molecule has 0 bridgehead atoms. The van der Waals surface area contributed by atoms with Crippen LogP contribution in [0.1, 0.15) is 0 Å². The Bertz CT molecular complexity index is 2160. The number of rotatable bonds is 4. The van der Waals surface area contributed by atoms with Crippen molar-refractivity contribution in [2.45, 2.75) is 0 Å². The third kappa shape index (κ3) is 4.07. The normalized spacial score (nSPS) is 11.4. The molecule has 8 aromatic rings. The Hall–Kier alpha value is -5.54. The summed E-state index contributed by atoms with van der Waals surface area (Å²) < 4.78 is 5.98. The second kappa shape index (κ2) is 9.58. The van der Waals surface area contributed by atoms with Gasteiger partial charge in [0.15, 0.2) is 5.58 Å². The molecule has 0 unspecified atom stereocenters. The number of fused-ring (bicyclic) bond motifs is 4. The van der Waals surface area contributed by atoms with Crippen LogP contribution in [0.2, 0.25) is 0 Å². The fourth-order valence-electron chi connectivity index (χ4n) is 5.73. The predicted octanol–water partition coefficient (Wildman–Crippen LogP) is 10.2. The van der Waals surface area contributed by atoms with Crippen LogP contribution in [0, 0.1) is 0 Å². The molecule has 3 heteroatoms. The highest BCUT2D eigenvalue weighted by molar-refractivity contribution is 6.17. The summed E-state index contributed by atoms with van der Waals surface area (Å²) in [5.74, 6) is 0.636. The molecule has 0 atom stereocenters. The molecule has 0 aliphatic rings. The average Bonchev–Trinajstić information content (AvgIpc) is 3.49. The maximum atomic E-state index is 5.98. The smallest absolute Gasteiger partial charge is 0.227 e. The summed E-state index contributed by atoms with van der Waals surface area (Å²) in [6, 6.07) is 50.5. The summed E-state index contributed by atoms with van der Waals surface area (Å²) in [6.45, 7) is 0. The molecule has 192 valence electrons. The Morgan fingerprint density at radius 1 is 0.415 bits per heavy atom. The van der Waals surface area contributed by atoms with Gasteiger partial charge in [-0.1, -0.05) is 109 Å². The number of oxazole rings is 1. The molecule has 41 heavy (non-hydrogen) atoms. The summed E-state index contributed by atoms with van der Waals surface area (Å²) in [6.07, 6.45) is 0. The van der Waals surface area contributed by atoms with Crippen molar-refractivity contribution in [3.05, 3.63) is 146 Å². The van der Waals surface area contributed by atoms with Gasteiger partial charge in [0, 0.05) is 27.3 Å². The summed E-state index contributed by atoms with van der Waals surface area (Å²) in [5.41, 5.74) is 10.4. The van der Waals surface area contributed by atoms with E-state index in [1.807, 2.05) is 30.3 Å². The SMILES string of the molecule is c1ccc(-c2nc3ccccc3c3c(-c4cccc(-c5ccc(-c6nc7ccccc7o6)cc5)c4)cccc23)cc1. The van der Waals surface area contributed by atoms with Crippen LogP contribution in [-0.2, 0) is 0 Å². The average molecular weight is 525 g/mol. The lowest BCUT2D eigenvalue weighted by atomic mass is 9.91. The molecule has 0 fully saturated rings. The predicted molar refractivity (Wildman–Crippen MR) is 169 cm³/mol. The number of hydrogen-bond acceptors (Lipinski definition) is 3. The van der Waals surface area contributed by atoms with Gasteiger partial charge in [-0.25, -0.2) is 9.97 Å². The molecule has 0 saturated carbocycles. The molecule has 0 aliphatic heterocycles. The first-order valence-corrected chi connectivity index (χ1v) is 13.8. The summed E-state index contributed by atoms with van der Waals surface area (Å²) in [4.78, 5) is 9.76. The number of nitrogens with zero attached hydrogens (tertiary/aromatic N) is 2. The quantitative estimate of drug-likeness (QED) is 0.215. The van der Waals surface area contributed by atoms with Crippen LogP contribution in [-0.4, -0.2) is 9.97 Å². The molecule has 2 heterocycles. The van der Waals surface area contributed by atoms with Crippen LogP contribution in [0.15, 0.2) is 150 Å². The van der Waals surface area contributed by atoms with Crippen LogP contribution in [0.3, 0.4) is 0 Å². The fourth-order valence-corrected chi connectivity index (χ4v) is 5.73. The van der Waals surface area contributed by atoms with Gasteiger partial charge >= 0.3 is 0 Å². The van der Waals surface area contributed by atoms with E-state index >= 15 is 0 Å². The highest BCUT2D eigenvalue weighted by Crippen LogP contribution is 2.39. The van der Waals surface area contributed by atoms with E-state index < -0.39 is 0 Å². The number of aromatic nitrogens is 2. The third-order valence-electron chi connectivity index (χ3n) is 7.71. The minimum Gasteiger partial charge on any atom is -0.436 e. The molecule has 0 N–H and O–H groups in total. The molecule has 3 nitrogen and oxygen atoms in total. The minimum atomic E-state index is 0.636. The first kappa shape index (κ1) is 23.4. The van der Waals surface area contributed by atoms with Crippen molar-refractivity contribution < 1.29 is 4.42 Å². The van der Waals surface area contributed by atoms with Crippen molar-refractivity contribution in [2.75, 3.05) is 0 Å². The molecule has 0 aliphatic carbocycles. The Morgan fingerprint density at radius 3 is 1.93 bits per heavy atom. The zero-order chi connectivity index (χ0) is 27.2. The van der Waals surface area contributed by atoms with E-state index in [9.17, 15) is 0 Å². The molecule has 6 aromatic carbocycles. The van der Waals surface area contributed by atoms with Crippen LogP contribution >= 0.6 is 0 Å². The number of para-hydroxylation sites is 3. The number of pyridine rings is 1. The van der Waals surface area contributed by atoms with Crippen molar-refractivity contribution in [2.24, 2.45) is 0 Å². The van der Waals surface area contributed by atoms with Crippen molar-refractivity contribution in [3.8, 4) is 45.0 Å². The zero-order valence-electron chi connectivity index (χ0n) is 22.2. The largest absolute Gasteiger partial charge is 0.436 e. The van der Waals surface area contributed by atoms with E-state index in [0.29, 0.717) is 5.89 Å². The molecule has 2 aromatic heterocycles. The van der Waals surface area contributed by atoms with E-state index in [0.717, 1.165) is 55.3 Å². The second-order valence-corrected chi connectivity index (χ2v) is 10.2. The highest BCUT2D eigenvalue weighted by atomic mass is 16.3. The number of hydrogen-bond donors (Lipinski definition) is 0. The summed E-state index contributed by atoms with van der Waals surface area (Å²) in [7, 11) is 0. The maximum absolute atomic E-state index is 5.98. The van der Waals surface area contributed by atoms with Crippen LogP contribution in [0.4, 0.5) is 0 Å². The molecular weight excluding hydrogens is 500 g/mol. The zero-order valence-corrected chi connectivity index (χ0v) is 22.2. The van der Waals surface area contributed by atoms with Crippen LogP contribution in [0.25, 0.3) is 77.7 Å². The van der Waals surface area contributed by atoms with Gasteiger partial charge in [-0.2, -0.15) is 0 Å². The standard InChI is InChI=1S/C38H24N2O/c1-2-10-26(11-3-1)37-32-16-9-15-30(36(32)31-14-4-5-17-33(31)39-37)29-13-8-12-28(24-29)25-20-22-27(23-21-25)38-40-34-18-6-7-19-35(34)41-38/h1-24H. The Kier molecular flexibility index (Phi) is 5.46. The van der Waals surface area contributed by atoms with E-state index in [4.69, 9.17) is 9.40 Å². The lowest BCUT2D eigenvalue weighted by Crippen LogP contribution is -1.92. The van der Waals surface area contributed by atoms with Crippen molar-refractivity contribution in [3.63, 3.8) is 0 Å². The van der Waals surface area contributed by atoms with Crippen molar-refractivity contribution in [1.29, 1.82) is 0 Å². The fraction of sp³-hybridized carbons (Fsp3) is 0.